The second kappa shape index (κ2) is 5.37. The summed E-state index contributed by atoms with van der Waals surface area (Å²) in [6, 6.07) is 6.48. The highest BCUT2D eigenvalue weighted by atomic mass is 16.4. The Hall–Kier alpha value is -2.37. The van der Waals surface area contributed by atoms with Gasteiger partial charge in [0.25, 0.3) is 0 Å². The molecule has 1 aliphatic heterocycles. The summed E-state index contributed by atoms with van der Waals surface area (Å²) in [7, 11) is 0. The smallest absolute Gasteiger partial charge is 0.307 e. The minimum absolute atomic E-state index is 0.0895. The van der Waals surface area contributed by atoms with Gasteiger partial charge in [-0.3, -0.25) is 4.79 Å². The predicted octanol–water partition coefficient (Wildman–Crippen LogP) is 1.78. The highest BCUT2D eigenvalue weighted by Gasteiger charge is 2.36. The first-order valence-corrected chi connectivity index (χ1v) is 8.15. The Bertz CT molecular complexity index is 768. The van der Waals surface area contributed by atoms with Crippen LogP contribution < -0.4 is 5.73 Å². The highest BCUT2D eigenvalue weighted by Crippen LogP contribution is 2.35. The number of hydrogen-bond acceptors (Lipinski definition) is 4. The SMILES string of the molecule is Nc1nc2n(n1)CC(c1ccc3c(c1)CCCC3)C(C(=O)O)C2. The van der Waals surface area contributed by atoms with Crippen molar-refractivity contribution in [3.05, 3.63) is 40.7 Å². The molecule has 1 aromatic carbocycles. The van der Waals surface area contributed by atoms with Crippen molar-refractivity contribution in [1.29, 1.82) is 0 Å². The number of rotatable bonds is 2. The average Bonchev–Trinajstić information content (AvgIpc) is 2.92. The summed E-state index contributed by atoms with van der Waals surface area (Å²) >= 11 is 0. The van der Waals surface area contributed by atoms with Crippen LogP contribution in [0.1, 0.15) is 41.3 Å². The Labute approximate surface area is 134 Å². The predicted molar refractivity (Wildman–Crippen MR) is 85.1 cm³/mol. The summed E-state index contributed by atoms with van der Waals surface area (Å²) in [4.78, 5) is 15.9. The first-order chi connectivity index (χ1) is 11.1. The fourth-order valence-corrected chi connectivity index (χ4v) is 3.92. The fourth-order valence-electron chi connectivity index (χ4n) is 3.92. The van der Waals surface area contributed by atoms with E-state index in [1.807, 2.05) is 0 Å². The van der Waals surface area contributed by atoms with Crippen LogP contribution in [-0.2, 0) is 30.6 Å². The minimum atomic E-state index is -0.777. The molecule has 0 amide bonds. The summed E-state index contributed by atoms with van der Waals surface area (Å²) in [5.41, 5.74) is 9.55. The molecule has 0 radical (unpaired) electrons. The van der Waals surface area contributed by atoms with Gasteiger partial charge >= 0.3 is 5.97 Å². The minimum Gasteiger partial charge on any atom is -0.481 e. The third-order valence-electron chi connectivity index (χ3n) is 5.14. The van der Waals surface area contributed by atoms with E-state index in [1.54, 1.807) is 4.68 Å². The average molecular weight is 312 g/mol. The maximum Gasteiger partial charge on any atom is 0.307 e. The number of nitrogens with zero attached hydrogens (tertiary/aromatic N) is 3. The number of carbonyl (C=O) groups is 1. The topological polar surface area (TPSA) is 94.0 Å². The maximum absolute atomic E-state index is 11.8. The highest BCUT2D eigenvalue weighted by molar-refractivity contribution is 5.72. The zero-order chi connectivity index (χ0) is 16.0. The molecule has 0 saturated carbocycles. The molecule has 0 saturated heterocycles. The number of hydrogen-bond donors (Lipinski definition) is 2. The molecule has 0 spiro atoms. The molecular formula is C17H20N4O2. The van der Waals surface area contributed by atoms with E-state index < -0.39 is 11.9 Å². The number of aliphatic carboxylic acids is 1. The quantitative estimate of drug-likeness (QED) is 0.881. The van der Waals surface area contributed by atoms with E-state index >= 15 is 0 Å². The number of nitrogens with two attached hydrogens (primary N) is 1. The van der Waals surface area contributed by atoms with E-state index in [0.717, 1.165) is 18.4 Å². The molecule has 2 atom stereocenters. The van der Waals surface area contributed by atoms with Crippen LogP contribution in [0.2, 0.25) is 0 Å². The molecule has 2 aromatic rings. The van der Waals surface area contributed by atoms with Crippen LogP contribution in [0.5, 0.6) is 0 Å². The van der Waals surface area contributed by atoms with Crippen molar-refractivity contribution < 1.29 is 9.90 Å². The maximum atomic E-state index is 11.8. The summed E-state index contributed by atoms with van der Waals surface area (Å²) in [6.07, 6.45) is 5.06. The van der Waals surface area contributed by atoms with Gasteiger partial charge in [-0.25, -0.2) is 4.68 Å². The molecule has 2 heterocycles. The van der Waals surface area contributed by atoms with Gasteiger partial charge in [0.15, 0.2) is 0 Å². The van der Waals surface area contributed by atoms with Gasteiger partial charge in [-0.1, -0.05) is 18.2 Å². The van der Waals surface area contributed by atoms with Crippen molar-refractivity contribution in [2.45, 2.75) is 44.6 Å². The summed E-state index contributed by atoms with van der Waals surface area (Å²) in [5.74, 6) is -0.457. The molecule has 2 unspecified atom stereocenters. The fraction of sp³-hybridized carbons (Fsp3) is 0.471. The lowest BCUT2D eigenvalue weighted by Crippen LogP contribution is -2.34. The van der Waals surface area contributed by atoms with Crippen molar-refractivity contribution in [2.75, 3.05) is 5.73 Å². The van der Waals surface area contributed by atoms with E-state index in [2.05, 4.69) is 28.3 Å². The van der Waals surface area contributed by atoms with Crippen molar-refractivity contribution in [1.82, 2.24) is 14.8 Å². The third kappa shape index (κ3) is 2.48. The van der Waals surface area contributed by atoms with Crippen LogP contribution in [0.4, 0.5) is 5.95 Å². The van der Waals surface area contributed by atoms with Crippen LogP contribution in [0.15, 0.2) is 18.2 Å². The van der Waals surface area contributed by atoms with Crippen LogP contribution >= 0.6 is 0 Å². The third-order valence-corrected chi connectivity index (χ3v) is 5.14. The number of anilines is 1. The summed E-state index contributed by atoms with van der Waals surface area (Å²) in [5, 5.41) is 13.9. The van der Waals surface area contributed by atoms with Gasteiger partial charge in [0.05, 0.1) is 12.5 Å². The summed E-state index contributed by atoms with van der Waals surface area (Å²) < 4.78 is 1.76. The van der Waals surface area contributed by atoms with Crippen molar-refractivity contribution >= 4 is 11.9 Å². The van der Waals surface area contributed by atoms with Crippen LogP contribution in [0.3, 0.4) is 0 Å². The van der Waals surface area contributed by atoms with Gasteiger partial charge < -0.3 is 10.8 Å². The second-order valence-electron chi connectivity index (χ2n) is 6.56. The van der Waals surface area contributed by atoms with Gasteiger partial charge in [-0.2, -0.15) is 4.98 Å². The standard InChI is InChI=1S/C17H20N4O2/c18-17-19-15-8-13(16(22)23)14(9-21(15)20-17)12-6-5-10-3-1-2-4-11(10)7-12/h5-7,13-14H,1-4,8-9H2,(H2,18,20)(H,22,23). The number of aryl methyl sites for hydroxylation is 2. The first kappa shape index (κ1) is 14.2. The number of fused-ring (bicyclic) bond motifs is 2. The molecule has 4 rings (SSSR count). The lowest BCUT2D eigenvalue weighted by Gasteiger charge is -2.30. The Kier molecular flexibility index (Phi) is 3.32. The molecule has 6 nitrogen and oxygen atoms in total. The lowest BCUT2D eigenvalue weighted by molar-refractivity contribution is -0.143. The summed E-state index contributed by atoms with van der Waals surface area (Å²) in [6.45, 7) is 0.523. The number of nitrogen functional groups attached to an aromatic ring is 1. The van der Waals surface area contributed by atoms with Crippen LogP contribution in [0, 0.1) is 5.92 Å². The zero-order valence-electron chi connectivity index (χ0n) is 12.9. The lowest BCUT2D eigenvalue weighted by atomic mass is 9.79. The normalized spacial score (nSPS) is 23.1. The molecule has 120 valence electrons. The molecule has 0 fully saturated rings. The van der Waals surface area contributed by atoms with Crippen LogP contribution in [0.25, 0.3) is 0 Å². The molecule has 1 aromatic heterocycles. The zero-order valence-corrected chi connectivity index (χ0v) is 12.9. The van der Waals surface area contributed by atoms with Gasteiger partial charge in [-0.15, -0.1) is 5.10 Å². The number of benzene rings is 1. The molecule has 1 aliphatic carbocycles. The van der Waals surface area contributed by atoms with Gasteiger partial charge in [0.2, 0.25) is 5.95 Å². The van der Waals surface area contributed by atoms with Crippen molar-refractivity contribution in [3.8, 4) is 0 Å². The van der Waals surface area contributed by atoms with Crippen molar-refractivity contribution in [3.63, 3.8) is 0 Å². The molecule has 2 aliphatic rings. The Morgan fingerprint density at radius 2 is 2.04 bits per heavy atom. The van der Waals surface area contributed by atoms with E-state index in [4.69, 9.17) is 5.73 Å². The van der Waals surface area contributed by atoms with Gasteiger partial charge in [0.1, 0.15) is 5.82 Å². The van der Waals surface area contributed by atoms with E-state index in [9.17, 15) is 9.90 Å². The molecule has 6 heteroatoms. The molecule has 0 bridgehead atoms. The van der Waals surface area contributed by atoms with Crippen molar-refractivity contribution in [2.24, 2.45) is 5.92 Å². The Morgan fingerprint density at radius 1 is 1.26 bits per heavy atom. The molecule has 23 heavy (non-hydrogen) atoms. The van der Waals surface area contributed by atoms with Gasteiger partial charge in [-0.05, 0) is 42.4 Å². The largest absolute Gasteiger partial charge is 0.481 e. The number of carboxylic acids is 1. The Morgan fingerprint density at radius 3 is 2.83 bits per heavy atom. The monoisotopic (exact) mass is 312 g/mol. The van der Waals surface area contributed by atoms with Gasteiger partial charge in [0, 0.05) is 12.3 Å². The molecular weight excluding hydrogens is 292 g/mol. The van der Waals surface area contributed by atoms with Crippen LogP contribution in [-0.4, -0.2) is 25.8 Å². The Balaban J connectivity index is 1.72. The van der Waals surface area contributed by atoms with E-state index in [0.29, 0.717) is 18.8 Å². The first-order valence-electron chi connectivity index (χ1n) is 8.15. The van der Waals surface area contributed by atoms with E-state index in [1.165, 1.54) is 24.0 Å². The molecule has 3 N–H and O–H groups in total. The second-order valence-corrected chi connectivity index (χ2v) is 6.56. The van der Waals surface area contributed by atoms with E-state index in [-0.39, 0.29) is 11.9 Å². The number of aromatic nitrogens is 3. The number of carboxylic acid groups (broad SMARTS) is 1.